The molecule has 5 heteroatoms. The molecule has 0 N–H and O–H groups in total. The minimum absolute atomic E-state index is 0.00564. The number of cyclic esters (lactones) is 1. The van der Waals surface area contributed by atoms with Crippen LogP contribution in [0, 0.1) is 0 Å². The average molecular weight is 218 g/mol. The Kier molecular flexibility index (Phi) is 3.67. The van der Waals surface area contributed by atoms with Crippen LogP contribution in [0.4, 0.5) is 0 Å². The van der Waals surface area contributed by atoms with Crippen LogP contribution in [0.3, 0.4) is 0 Å². The summed E-state index contributed by atoms with van der Waals surface area (Å²) in [6.07, 6.45) is 3.75. The lowest BCUT2D eigenvalue weighted by Crippen LogP contribution is -2.31. The highest BCUT2D eigenvalue weighted by atomic mass is 32.2. The van der Waals surface area contributed by atoms with Crippen molar-refractivity contribution in [3.8, 4) is 0 Å². The summed E-state index contributed by atoms with van der Waals surface area (Å²) >= 11 is 1.52. The second-order valence-corrected chi connectivity index (χ2v) is 4.47. The number of thioether (sulfide) groups is 1. The molecule has 2 unspecified atom stereocenters. The predicted octanol–water partition coefficient (Wildman–Crippen LogP) is 1.49. The molecule has 0 aliphatic carbocycles. The van der Waals surface area contributed by atoms with Crippen molar-refractivity contribution in [3.05, 3.63) is 0 Å². The topological polar surface area (TPSA) is 44.8 Å². The van der Waals surface area contributed by atoms with Gasteiger partial charge < -0.3 is 14.2 Å². The quantitative estimate of drug-likeness (QED) is 0.528. The molecule has 0 aromatic rings. The number of esters is 1. The van der Waals surface area contributed by atoms with Gasteiger partial charge >= 0.3 is 5.97 Å². The average Bonchev–Trinajstić information content (AvgIpc) is 2.17. The van der Waals surface area contributed by atoms with Crippen LogP contribution in [0.2, 0.25) is 0 Å². The van der Waals surface area contributed by atoms with Crippen molar-refractivity contribution in [2.45, 2.75) is 37.4 Å². The molecular formula is C9H14O4S. The zero-order valence-corrected chi connectivity index (χ0v) is 8.76. The van der Waals surface area contributed by atoms with E-state index in [1.165, 1.54) is 18.2 Å². The van der Waals surface area contributed by atoms with E-state index in [9.17, 15) is 4.79 Å². The van der Waals surface area contributed by atoms with Crippen molar-refractivity contribution in [1.82, 2.24) is 0 Å². The summed E-state index contributed by atoms with van der Waals surface area (Å²) in [6.45, 7) is 0.799. The van der Waals surface area contributed by atoms with Crippen LogP contribution in [-0.4, -0.2) is 30.2 Å². The van der Waals surface area contributed by atoms with Crippen LogP contribution >= 0.6 is 11.8 Å². The third-order valence-corrected chi connectivity index (χ3v) is 3.15. The Labute approximate surface area is 87.3 Å². The molecule has 14 heavy (non-hydrogen) atoms. The Morgan fingerprint density at radius 3 is 3.00 bits per heavy atom. The van der Waals surface area contributed by atoms with Crippen LogP contribution < -0.4 is 0 Å². The van der Waals surface area contributed by atoms with Gasteiger partial charge in [0.25, 0.3) is 0 Å². The second-order valence-electron chi connectivity index (χ2n) is 3.37. The molecule has 2 saturated heterocycles. The molecule has 2 aliphatic rings. The molecule has 2 aliphatic heterocycles. The summed E-state index contributed by atoms with van der Waals surface area (Å²) in [7, 11) is 0. The van der Waals surface area contributed by atoms with Gasteiger partial charge in [-0.15, -0.1) is 0 Å². The summed E-state index contributed by atoms with van der Waals surface area (Å²) in [5, 5.41) is 0. The summed E-state index contributed by atoms with van der Waals surface area (Å²) in [4.78, 5) is 10.5. The van der Waals surface area contributed by atoms with E-state index in [1.54, 1.807) is 0 Å². The van der Waals surface area contributed by atoms with Crippen LogP contribution in [0.1, 0.15) is 25.7 Å². The van der Waals surface area contributed by atoms with Gasteiger partial charge in [-0.3, -0.25) is 4.79 Å². The zero-order valence-electron chi connectivity index (χ0n) is 7.94. The maximum atomic E-state index is 10.5. The molecule has 80 valence electrons. The van der Waals surface area contributed by atoms with E-state index >= 15 is 0 Å². The molecule has 0 amide bonds. The Morgan fingerprint density at radius 2 is 2.36 bits per heavy atom. The van der Waals surface area contributed by atoms with Gasteiger partial charge in [0.1, 0.15) is 0 Å². The minimum Gasteiger partial charge on any atom is -0.450 e. The summed E-state index contributed by atoms with van der Waals surface area (Å²) < 4.78 is 15.7. The largest absolute Gasteiger partial charge is 0.450 e. The molecule has 4 nitrogen and oxygen atoms in total. The molecule has 2 fully saturated rings. The van der Waals surface area contributed by atoms with Crippen molar-refractivity contribution in [3.63, 3.8) is 0 Å². The number of hydrogen-bond donors (Lipinski definition) is 0. The van der Waals surface area contributed by atoms with Gasteiger partial charge in [0.15, 0.2) is 11.7 Å². The zero-order chi connectivity index (χ0) is 9.80. The summed E-state index contributed by atoms with van der Waals surface area (Å²) in [5.41, 5.74) is 0.00564. The lowest BCUT2D eigenvalue weighted by molar-refractivity contribution is -0.161. The molecule has 2 rings (SSSR count). The maximum absolute atomic E-state index is 10.5. The first-order chi connectivity index (χ1) is 6.84. The first-order valence-electron chi connectivity index (χ1n) is 4.89. The lowest BCUT2D eigenvalue weighted by Gasteiger charge is -2.26. The Balaban J connectivity index is 1.51. The van der Waals surface area contributed by atoms with Crippen molar-refractivity contribution in [2.75, 3.05) is 12.5 Å². The second kappa shape index (κ2) is 5.00. The molecule has 0 saturated carbocycles. The van der Waals surface area contributed by atoms with Gasteiger partial charge in [-0.05, 0) is 19.3 Å². The smallest absolute Gasteiger partial charge is 0.311 e. The van der Waals surface area contributed by atoms with Gasteiger partial charge in [0.2, 0.25) is 0 Å². The third-order valence-electron chi connectivity index (χ3n) is 2.24. The molecule has 0 bridgehead atoms. The van der Waals surface area contributed by atoms with Crippen molar-refractivity contribution in [2.24, 2.45) is 0 Å². The monoisotopic (exact) mass is 218 g/mol. The standard InChI is InChI=1S/C9H14O4S/c10-7-5-9(13-7)14-6-12-8-3-1-2-4-11-8/h8-9H,1-6H2. The van der Waals surface area contributed by atoms with Gasteiger partial charge in [-0.2, -0.15) is 0 Å². The van der Waals surface area contributed by atoms with E-state index in [0.717, 1.165) is 19.4 Å². The fourth-order valence-corrected chi connectivity index (χ4v) is 2.21. The van der Waals surface area contributed by atoms with E-state index in [-0.39, 0.29) is 17.7 Å². The van der Waals surface area contributed by atoms with Crippen LogP contribution in [0.25, 0.3) is 0 Å². The molecule has 2 atom stereocenters. The Hall–Kier alpha value is -0.260. The van der Waals surface area contributed by atoms with Gasteiger partial charge in [-0.25, -0.2) is 0 Å². The Morgan fingerprint density at radius 1 is 1.50 bits per heavy atom. The summed E-state index contributed by atoms with van der Waals surface area (Å²) in [6, 6.07) is 0. The molecule has 0 aromatic heterocycles. The van der Waals surface area contributed by atoms with Gasteiger partial charge in [-0.1, -0.05) is 11.8 Å². The number of rotatable bonds is 4. The molecule has 2 heterocycles. The summed E-state index contributed by atoms with van der Waals surface area (Å²) in [5.74, 6) is 0.430. The lowest BCUT2D eigenvalue weighted by atomic mass is 10.2. The number of carbonyl (C=O) groups is 1. The fourth-order valence-electron chi connectivity index (χ4n) is 1.40. The van der Waals surface area contributed by atoms with Crippen LogP contribution in [0.15, 0.2) is 0 Å². The fraction of sp³-hybridized carbons (Fsp3) is 0.889. The van der Waals surface area contributed by atoms with E-state index in [1.807, 2.05) is 0 Å². The molecule has 0 spiro atoms. The van der Waals surface area contributed by atoms with E-state index in [4.69, 9.17) is 14.2 Å². The van der Waals surface area contributed by atoms with Crippen LogP contribution in [0.5, 0.6) is 0 Å². The number of carbonyl (C=O) groups excluding carboxylic acids is 1. The minimum atomic E-state index is -0.114. The van der Waals surface area contributed by atoms with Gasteiger partial charge in [0, 0.05) is 6.61 Å². The van der Waals surface area contributed by atoms with Crippen molar-refractivity contribution >= 4 is 17.7 Å². The van der Waals surface area contributed by atoms with Crippen molar-refractivity contribution < 1.29 is 19.0 Å². The SMILES string of the molecule is O=C1CC(SCOC2CCCCO2)O1. The van der Waals surface area contributed by atoms with E-state index in [0.29, 0.717) is 12.4 Å². The molecule has 0 aromatic carbocycles. The highest BCUT2D eigenvalue weighted by molar-refractivity contribution is 7.99. The maximum Gasteiger partial charge on any atom is 0.311 e. The van der Waals surface area contributed by atoms with E-state index in [2.05, 4.69) is 0 Å². The third kappa shape index (κ3) is 2.87. The first kappa shape index (κ1) is 10.3. The molecular weight excluding hydrogens is 204 g/mol. The Bertz CT molecular complexity index is 195. The normalized spacial score (nSPS) is 32.1. The van der Waals surface area contributed by atoms with Gasteiger partial charge in [0.05, 0.1) is 12.4 Å². The molecule has 0 radical (unpaired) electrons. The number of hydrogen-bond acceptors (Lipinski definition) is 5. The highest BCUT2D eigenvalue weighted by Crippen LogP contribution is 2.26. The van der Waals surface area contributed by atoms with Crippen LogP contribution in [-0.2, 0) is 19.0 Å². The van der Waals surface area contributed by atoms with Crippen molar-refractivity contribution in [1.29, 1.82) is 0 Å². The predicted molar refractivity (Wildman–Crippen MR) is 51.6 cm³/mol. The number of ether oxygens (including phenoxy) is 3. The van der Waals surface area contributed by atoms with E-state index < -0.39 is 0 Å². The highest BCUT2D eigenvalue weighted by Gasteiger charge is 2.29. The first-order valence-corrected chi connectivity index (χ1v) is 5.94.